The second-order valence-electron chi connectivity index (χ2n) is 5.92. The van der Waals surface area contributed by atoms with Gasteiger partial charge in [-0.15, -0.1) is 12.4 Å². The van der Waals surface area contributed by atoms with E-state index >= 15 is 0 Å². The predicted octanol–water partition coefficient (Wildman–Crippen LogP) is 2.36. The van der Waals surface area contributed by atoms with E-state index in [9.17, 15) is 8.42 Å². The van der Waals surface area contributed by atoms with Crippen LogP contribution in [0.4, 0.5) is 0 Å². The number of ether oxygens (including phenoxy) is 1. The topological polar surface area (TPSA) is 67.4 Å². The van der Waals surface area contributed by atoms with Crippen molar-refractivity contribution in [3.8, 4) is 0 Å². The Morgan fingerprint density at radius 1 is 1.35 bits per heavy atom. The Labute approximate surface area is 149 Å². The van der Waals surface area contributed by atoms with Crippen molar-refractivity contribution in [3.05, 3.63) is 28.8 Å². The maximum Gasteiger partial charge on any atom is 0.240 e. The molecule has 0 spiro atoms. The number of benzene rings is 1. The molecule has 1 aromatic carbocycles. The third-order valence-electron chi connectivity index (χ3n) is 4.19. The van der Waals surface area contributed by atoms with E-state index in [2.05, 4.69) is 10.0 Å². The Kier molecular flexibility index (Phi) is 7.77. The summed E-state index contributed by atoms with van der Waals surface area (Å²) >= 11 is 5.93. The van der Waals surface area contributed by atoms with Gasteiger partial charge in [-0.25, -0.2) is 13.1 Å². The van der Waals surface area contributed by atoms with Crippen molar-refractivity contribution in [2.75, 3.05) is 33.4 Å². The van der Waals surface area contributed by atoms with E-state index in [0.717, 1.165) is 25.9 Å². The Balaban J connectivity index is 0.00000264. The average Bonchev–Trinajstić information content (AvgIpc) is 2.49. The number of sulfonamides is 1. The molecule has 0 saturated carbocycles. The van der Waals surface area contributed by atoms with Gasteiger partial charge in [-0.1, -0.05) is 17.7 Å². The lowest BCUT2D eigenvalue weighted by Crippen LogP contribution is -2.47. The Bertz CT molecular complexity index is 612. The minimum absolute atomic E-state index is 0. The van der Waals surface area contributed by atoms with Gasteiger partial charge < -0.3 is 10.1 Å². The van der Waals surface area contributed by atoms with E-state index in [1.165, 1.54) is 6.07 Å². The molecule has 0 unspecified atom stereocenters. The van der Waals surface area contributed by atoms with Crippen LogP contribution in [0.1, 0.15) is 18.4 Å². The number of hydrogen-bond donors (Lipinski definition) is 2. The molecule has 23 heavy (non-hydrogen) atoms. The number of nitrogens with one attached hydrogen (secondary N) is 2. The molecule has 1 aromatic rings. The molecule has 1 saturated heterocycles. The van der Waals surface area contributed by atoms with E-state index in [0.29, 0.717) is 23.7 Å². The fraction of sp³-hybridized carbons (Fsp3) is 0.600. The van der Waals surface area contributed by atoms with Crippen LogP contribution in [0.2, 0.25) is 5.02 Å². The van der Waals surface area contributed by atoms with Crippen LogP contribution in [-0.4, -0.2) is 41.8 Å². The van der Waals surface area contributed by atoms with E-state index in [-0.39, 0.29) is 22.7 Å². The summed E-state index contributed by atoms with van der Waals surface area (Å²) in [6.07, 6.45) is 1.77. The lowest BCUT2D eigenvalue weighted by molar-refractivity contribution is 0.0577. The van der Waals surface area contributed by atoms with Gasteiger partial charge >= 0.3 is 0 Å². The molecule has 1 aliphatic rings. The first-order chi connectivity index (χ1) is 10.4. The third-order valence-corrected chi connectivity index (χ3v) is 5.97. The lowest BCUT2D eigenvalue weighted by atomic mass is 9.80. The van der Waals surface area contributed by atoms with Crippen LogP contribution in [0, 0.1) is 12.3 Å². The van der Waals surface area contributed by atoms with Crippen molar-refractivity contribution in [3.63, 3.8) is 0 Å². The van der Waals surface area contributed by atoms with Crippen LogP contribution in [0.25, 0.3) is 0 Å². The Morgan fingerprint density at radius 3 is 2.61 bits per heavy atom. The van der Waals surface area contributed by atoms with Gasteiger partial charge in [0.25, 0.3) is 0 Å². The van der Waals surface area contributed by atoms with Crippen molar-refractivity contribution in [2.45, 2.75) is 24.7 Å². The van der Waals surface area contributed by atoms with Crippen molar-refractivity contribution in [1.82, 2.24) is 10.0 Å². The standard InChI is InChI=1S/C15H23ClN2O3S.ClH/c1-12-3-4-13(16)9-14(12)22(19,20)18-10-15(11-21-2)5-7-17-8-6-15;/h3-4,9,17-18H,5-8,10-11H2,1-2H3;1H. The quantitative estimate of drug-likeness (QED) is 0.792. The van der Waals surface area contributed by atoms with Crippen molar-refractivity contribution >= 4 is 34.0 Å². The highest BCUT2D eigenvalue weighted by Gasteiger charge is 2.33. The minimum atomic E-state index is -3.58. The zero-order valence-electron chi connectivity index (χ0n) is 13.4. The summed E-state index contributed by atoms with van der Waals surface area (Å²) in [4.78, 5) is 0.238. The molecule has 0 atom stereocenters. The summed E-state index contributed by atoms with van der Waals surface area (Å²) in [7, 11) is -1.93. The molecule has 0 bridgehead atoms. The molecule has 1 aliphatic heterocycles. The fourth-order valence-corrected chi connectivity index (χ4v) is 4.49. The smallest absolute Gasteiger partial charge is 0.240 e. The van der Waals surface area contributed by atoms with Crippen LogP contribution in [0.15, 0.2) is 23.1 Å². The number of piperidine rings is 1. The summed E-state index contributed by atoms with van der Waals surface area (Å²) in [6, 6.07) is 4.89. The number of methoxy groups -OCH3 is 1. The monoisotopic (exact) mass is 382 g/mol. The average molecular weight is 383 g/mol. The van der Waals surface area contributed by atoms with Gasteiger partial charge in [0, 0.05) is 24.1 Å². The van der Waals surface area contributed by atoms with Gasteiger partial charge in [0.05, 0.1) is 11.5 Å². The van der Waals surface area contributed by atoms with E-state index in [1.807, 2.05) is 0 Å². The number of aryl methyl sites for hydroxylation is 1. The highest BCUT2D eigenvalue weighted by Crippen LogP contribution is 2.29. The molecule has 1 heterocycles. The maximum atomic E-state index is 12.6. The van der Waals surface area contributed by atoms with Gasteiger partial charge in [0.15, 0.2) is 0 Å². The zero-order chi connectivity index (χ0) is 16.2. The molecular weight excluding hydrogens is 359 g/mol. The van der Waals surface area contributed by atoms with Crippen LogP contribution in [0.5, 0.6) is 0 Å². The van der Waals surface area contributed by atoms with Crippen molar-refractivity contribution in [1.29, 1.82) is 0 Å². The molecule has 0 aliphatic carbocycles. The normalized spacial score (nSPS) is 17.5. The van der Waals surface area contributed by atoms with Crippen LogP contribution < -0.4 is 10.0 Å². The first kappa shape index (κ1) is 20.7. The predicted molar refractivity (Wildman–Crippen MR) is 95.0 cm³/mol. The fourth-order valence-electron chi connectivity index (χ4n) is 2.82. The molecule has 2 N–H and O–H groups in total. The van der Waals surface area contributed by atoms with Crippen molar-refractivity contribution < 1.29 is 13.2 Å². The Hall–Kier alpha value is -0.370. The number of hydrogen-bond acceptors (Lipinski definition) is 4. The van der Waals surface area contributed by atoms with Crippen LogP contribution >= 0.6 is 24.0 Å². The van der Waals surface area contributed by atoms with Gasteiger partial charge in [0.2, 0.25) is 10.0 Å². The van der Waals surface area contributed by atoms with Crippen molar-refractivity contribution in [2.24, 2.45) is 5.41 Å². The molecule has 5 nitrogen and oxygen atoms in total. The number of halogens is 2. The molecule has 0 radical (unpaired) electrons. The zero-order valence-corrected chi connectivity index (χ0v) is 15.8. The summed E-state index contributed by atoms with van der Waals surface area (Å²) in [5.41, 5.74) is 0.530. The highest BCUT2D eigenvalue weighted by atomic mass is 35.5. The molecule has 0 amide bonds. The highest BCUT2D eigenvalue weighted by molar-refractivity contribution is 7.89. The second kappa shape index (κ2) is 8.65. The largest absolute Gasteiger partial charge is 0.384 e. The lowest BCUT2D eigenvalue weighted by Gasteiger charge is -2.37. The third kappa shape index (κ3) is 5.31. The summed E-state index contributed by atoms with van der Waals surface area (Å²) < 4.78 is 33.2. The first-order valence-corrected chi connectivity index (χ1v) is 9.20. The summed E-state index contributed by atoms with van der Waals surface area (Å²) in [6.45, 7) is 4.44. The number of rotatable bonds is 6. The molecule has 2 rings (SSSR count). The van der Waals surface area contributed by atoms with Crippen LogP contribution in [0.3, 0.4) is 0 Å². The maximum absolute atomic E-state index is 12.6. The minimum Gasteiger partial charge on any atom is -0.384 e. The summed E-state index contributed by atoms with van der Waals surface area (Å²) in [5.74, 6) is 0. The van der Waals surface area contributed by atoms with Gasteiger partial charge in [-0.05, 0) is 50.6 Å². The van der Waals surface area contributed by atoms with E-state index in [1.54, 1.807) is 26.2 Å². The second-order valence-corrected chi connectivity index (χ2v) is 8.09. The van der Waals surface area contributed by atoms with Crippen LogP contribution in [-0.2, 0) is 14.8 Å². The molecule has 0 aromatic heterocycles. The van der Waals surface area contributed by atoms with E-state index < -0.39 is 10.0 Å². The van der Waals surface area contributed by atoms with Gasteiger partial charge in [-0.2, -0.15) is 0 Å². The molecule has 132 valence electrons. The first-order valence-electron chi connectivity index (χ1n) is 7.34. The summed E-state index contributed by atoms with van der Waals surface area (Å²) in [5, 5.41) is 3.71. The van der Waals surface area contributed by atoms with Gasteiger partial charge in [0.1, 0.15) is 0 Å². The SMILES string of the molecule is COCC1(CNS(=O)(=O)c2cc(Cl)ccc2C)CCNCC1.Cl. The van der Waals surface area contributed by atoms with Gasteiger partial charge in [-0.3, -0.25) is 0 Å². The molecule has 1 fully saturated rings. The van der Waals surface area contributed by atoms with E-state index in [4.69, 9.17) is 16.3 Å². The Morgan fingerprint density at radius 2 is 2.00 bits per heavy atom. The molecular formula is C15H24Cl2N2O3S. The molecule has 8 heteroatoms.